The zero-order valence-electron chi connectivity index (χ0n) is 11.5. The van der Waals surface area contributed by atoms with Crippen LogP contribution in [0, 0.1) is 0 Å². The van der Waals surface area contributed by atoms with E-state index in [-0.39, 0.29) is 5.91 Å². The standard InChI is InChI=1S/C14H14BrN3OS2/c1-9(19)18(11-6-7-11)13-16-17-14(21-13)20-8-10-4-2-3-5-12(10)15/h2-5,11H,6-8H2,1H3. The van der Waals surface area contributed by atoms with Gasteiger partial charge in [0.15, 0.2) is 4.34 Å². The molecule has 1 heterocycles. The molecule has 0 saturated heterocycles. The average molecular weight is 384 g/mol. The fourth-order valence-corrected chi connectivity index (χ4v) is 4.57. The van der Waals surface area contributed by atoms with E-state index in [4.69, 9.17) is 0 Å². The second-order valence-electron chi connectivity index (χ2n) is 4.85. The third-order valence-electron chi connectivity index (χ3n) is 3.16. The minimum atomic E-state index is 0.0519. The lowest BCUT2D eigenvalue weighted by atomic mass is 10.2. The molecule has 110 valence electrons. The summed E-state index contributed by atoms with van der Waals surface area (Å²) in [6, 6.07) is 8.48. The summed E-state index contributed by atoms with van der Waals surface area (Å²) in [6.07, 6.45) is 2.14. The molecular weight excluding hydrogens is 370 g/mol. The molecule has 1 saturated carbocycles. The minimum absolute atomic E-state index is 0.0519. The first-order valence-electron chi connectivity index (χ1n) is 6.64. The van der Waals surface area contributed by atoms with Crippen molar-refractivity contribution in [1.82, 2.24) is 10.2 Å². The Labute approximate surface area is 140 Å². The Balaban J connectivity index is 1.68. The van der Waals surface area contributed by atoms with Gasteiger partial charge in [-0.1, -0.05) is 57.2 Å². The number of nitrogens with zero attached hydrogens (tertiary/aromatic N) is 3. The zero-order valence-corrected chi connectivity index (χ0v) is 14.7. The van der Waals surface area contributed by atoms with Crippen LogP contribution in [0.1, 0.15) is 25.3 Å². The van der Waals surface area contributed by atoms with E-state index in [9.17, 15) is 4.79 Å². The number of aromatic nitrogens is 2. The topological polar surface area (TPSA) is 46.1 Å². The molecule has 0 N–H and O–H groups in total. The molecule has 4 nitrogen and oxygen atoms in total. The predicted molar refractivity (Wildman–Crippen MR) is 89.8 cm³/mol. The molecule has 1 aromatic heterocycles. The van der Waals surface area contributed by atoms with Crippen molar-refractivity contribution in [2.24, 2.45) is 0 Å². The Morgan fingerprint density at radius 2 is 2.19 bits per heavy atom. The molecule has 2 aromatic rings. The lowest BCUT2D eigenvalue weighted by molar-refractivity contribution is -0.116. The molecular formula is C14H14BrN3OS2. The summed E-state index contributed by atoms with van der Waals surface area (Å²) >= 11 is 6.69. The predicted octanol–water partition coefficient (Wildman–Crippen LogP) is 4.11. The molecule has 7 heteroatoms. The second-order valence-corrected chi connectivity index (χ2v) is 7.88. The second kappa shape index (κ2) is 6.46. The van der Waals surface area contributed by atoms with Crippen molar-refractivity contribution in [2.75, 3.05) is 4.90 Å². The highest BCUT2D eigenvalue weighted by molar-refractivity contribution is 9.10. The number of carbonyl (C=O) groups is 1. The summed E-state index contributed by atoms with van der Waals surface area (Å²) in [5, 5.41) is 9.09. The lowest BCUT2D eigenvalue weighted by Crippen LogP contribution is -2.30. The normalized spacial score (nSPS) is 14.2. The molecule has 0 unspecified atom stereocenters. The molecule has 0 aliphatic heterocycles. The van der Waals surface area contributed by atoms with Crippen LogP contribution in [0.4, 0.5) is 5.13 Å². The van der Waals surface area contributed by atoms with Gasteiger partial charge in [0.25, 0.3) is 0 Å². The van der Waals surface area contributed by atoms with E-state index in [1.54, 1.807) is 23.6 Å². The number of thioether (sulfide) groups is 1. The molecule has 0 bridgehead atoms. The maximum atomic E-state index is 11.7. The van der Waals surface area contributed by atoms with Crippen molar-refractivity contribution in [2.45, 2.75) is 35.9 Å². The molecule has 1 fully saturated rings. The maximum absolute atomic E-state index is 11.7. The Kier molecular flexibility index (Phi) is 4.61. The number of hydrogen-bond donors (Lipinski definition) is 0. The summed E-state index contributed by atoms with van der Waals surface area (Å²) in [5.74, 6) is 0.885. The van der Waals surface area contributed by atoms with Crippen molar-refractivity contribution in [1.29, 1.82) is 0 Å². The van der Waals surface area contributed by atoms with Gasteiger partial charge in [-0.3, -0.25) is 9.69 Å². The summed E-state index contributed by atoms with van der Waals surface area (Å²) in [4.78, 5) is 13.5. The lowest BCUT2D eigenvalue weighted by Gasteiger charge is -2.15. The first kappa shape index (κ1) is 15.0. The molecule has 1 aliphatic rings. The van der Waals surface area contributed by atoms with Crippen LogP contribution in [-0.2, 0) is 10.5 Å². The SMILES string of the molecule is CC(=O)N(c1nnc(SCc2ccccc2Br)s1)C1CC1. The molecule has 0 atom stereocenters. The number of anilines is 1. The first-order chi connectivity index (χ1) is 10.1. The van der Waals surface area contributed by atoms with Crippen molar-refractivity contribution < 1.29 is 4.79 Å². The van der Waals surface area contributed by atoms with Crippen molar-refractivity contribution in [3.63, 3.8) is 0 Å². The quantitative estimate of drug-likeness (QED) is 0.575. The summed E-state index contributed by atoms with van der Waals surface area (Å²) < 4.78 is 2.00. The van der Waals surface area contributed by atoms with E-state index in [0.29, 0.717) is 6.04 Å². The van der Waals surface area contributed by atoms with E-state index < -0.39 is 0 Å². The Morgan fingerprint density at radius 1 is 1.43 bits per heavy atom. The Hall–Kier alpha value is -0.920. The average Bonchev–Trinajstić information content (AvgIpc) is 3.16. The molecule has 1 aliphatic carbocycles. The van der Waals surface area contributed by atoms with Gasteiger partial charge in [0.05, 0.1) is 0 Å². The van der Waals surface area contributed by atoms with E-state index in [0.717, 1.165) is 32.5 Å². The third-order valence-corrected chi connectivity index (χ3v) is 6.04. The Bertz CT molecular complexity index is 657. The summed E-state index contributed by atoms with van der Waals surface area (Å²) in [5.41, 5.74) is 1.23. The van der Waals surface area contributed by atoms with Crippen molar-refractivity contribution >= 4 is 50.1 Å². The number of hydrogen-bond acceptors (Lipinski definition) is 5. The third kappa shape index (κ3) is 3.64. The van der Waals surface area contributed by atoms with Gasteiger partial charge in [-0.25, -0.2) is 0 Å². The van der Waals surface area contributed by atoms with Gasteiger partial charge >= 0.3 is 0 Å². The summed E-state index contributed by atoms with van der Waals surface area (Å²) in [6.45, 7) is 1.59. The van der Waals surface area contributed by atoms with Crippen LogP contribution in [0.5, 0.6) is 0 Å². The summed E-state index contributed by atoms with van der Waals surface area (Å²) in [7, 11) is 0. The van der Waals surface area contributed by atoms with Crippen LogP contribution in [0.15, 0.2) is 33.1 Å². The van der Waals surface area contributed by atoms with Crippen LogP contribution in [0.25, 0.3) is 0 Å². The number of carbonyl (C=O) groups excluding carboxylic acids is 1. The maximum Gasteiger partial charge on any atom is 0.225 e. The molecule has 1 aromatic carbocycles. The van der Waals surface area contributed by atoms with Gasteiger partial charge < -0.3 is 0 Å². The van der Waals surface area contributed by atoms with Gasteiger partial charge in [-0.05, 0) is 24.5 Å². The largest absolute Gasteiger partial charge is 0.284 e. The monoisotopic (exact) mass is 383 g/mol. The van der Waals surface area contributed by atoms with E-state index >= 15 is 0 Å². The van der Waals surface area contributed by atoms with Gasteiger partial charge in [0.1, 0.15) is 0 Å². The van der Waals surface area contributed by atoms with Gasteiger partial charge in [-0.2, -0.15) is 0 Å². The van der Waals surface area contributed by atoms with Crippen molar-refractivity contribution in [3.8, 4) is 0 Å². The zero-order chi connectivity index (χ0) is 14.8. The van der Waals surface area contributed by atoms with Crippen LogP contribution in [0.2, 0.25) is 0 Å². The molecule has 3 rings (SSSR count). The fourth-order valence-electron chi connectivity index (χ4n) is 1.99. The number of benzene rings is 1. The van der Waals surface area contributed by atoms with Crippen LogP contribution >= 0.6 is 39.0 Å². The van der Waals surface area contributed by atoms with Crippen LogP contribution in [-0.4, -0.2) is 22.1 Å². The van der Waals surface area contributed by atoms with Crippen molar-refractivity contribution in [3.05, 3.63) is 34.3 Å². The number of amides is 1. The highest BCUT2D eigenvalue weighted by Gasteiger charge is 2.34. The van der Waals surface area contributed by atoms with Gasteiger partial charge in [-0.15, -0.1) is 10.2 Å². The Morgan fingerprint density at radius 3 is 2.86 bits per heavy atom. The first-order valence-corrected chi connectivity index (χ1v) is 9.24. The van der Waals surface area contributed by atoms with Crippen LogP contribution < -0.4 is 4.90 Å². The van der Waals surface area contributed by atoms with Crippen LogP contribution in [0.3, 0.4) is 0 Å². The van der Waals surface area contributed by atoms with Gasteiger partial charge in [0.2, 0.25) is 11.0 Å². The molecule has 21 heavy (non-hydrogen) atoms. The van der Waals surface area contributed by atoms with E-state index in [1.165, 1.54) is 16.9 Å². The van der Waals surface area contributed by atoms with E-state index in [1.807, 2.05) is 18.2 Å². The number of halogens is 1. The number of rotatable bonds is 5. The highest BCUT2D eigenvalue weighted by Crippen LogP contribution is 2.36. The smallest absolute Gasteiger partial charge is 0.225 e. The minimum Gasteiger partial charge on any atom is -0.284 e. The molecule has 0 radical (unpaired) electrons. The molecule has 0 spiro atoms. The highest BCUT2D eigenvalue weighted by atomic mass is 79.9. The van der Waals surface area contributed by atoms with E-state index in [2.05, 4.69) is 32.2 Å². The van der Waals surface area contributed by atoms with Gasteiger partial charge in [0, 0.05) is 23.2 Å². The fraction of sp³-hybridized carbons (Fsp3) is 0.357. The molecule has 1 amide bonds.